The molecule has 0 bridgehead atoms. The minimum Gasteiger partial charge on any atom is -0.366 e. The van der Waals surface area contributed by atoms with Crippen molar-refractivity contribution in [3.05, 3.63) is 0 Å². The van der Waals surface area contributed by atoms with Crippen LogP contribution in [0.4, 0.5) is 0 Å². The van der Waals surface area contributed by atoms with E-state index in [4.69, 9.17) is 33.2 Å². The lowest BCUT2D eigenvalue weighted by Gasteiger charge is -2.34. The second-order valence-corrected chi connectivity index (χ2v) is 34.6. The van der Waals surface area contributed by atoms with E-state index in [1.165, 1.54) is 23.6 Å². The first-order chi connectivity index (χ1) is 40.2. The number of nitrogens with zero attached hydrogens (tertiary/aromatic N) is 8. The zero-order valence-electron chi connectivity index (χ0n) is 48.5. The quantitative estimate of drug-likeness (QED) is 0.216. The van der Waals surface area contributed by atoms with Crippen molar-refractivity contribution >= 4 is 70.2 Å². The Balaban J connectivity index is 0.000000184. The normalized spacial score (nSPS) is 29.3. The van der Waals surface area contributed by atoms with Crippen molar-refractivity contribution in [1.82, 2.24) is 47.5 Å². The summed E-state index contributed by atoms with van der Waals surface area (Å²) in [6, 6.07) is 0. The molecule has 0 spiro atoms. The average molecular weight is 1370 g/mol. The van der Waals surface area contributed by atoms with E-state index in [1.54, 1.807) is 6.92 Å². The van der Waals surface area contributed by atoms with Crippen molar-refractivity contribution in [2.45, 2.75) is 51.7 Å². The van der Waals surface area contributed by atoms with E-state index in [-0.39, 0.29) is 101 Å². The first-order valence-corrected chi connectivity index (χ1v) is 39.5. The lowest BCUT2D eigenvalue weighted by Crippen LogP contribution is -2.51. The molecule has 0 saturated carbocycles. The van der Waals surface area contributed by atoms with Crippen LogP contribution in [-0.4, -0.2) is 334 Å². The number of nitrogens with one attached hydrogen (secondary N) is 2. The molecule has 11 saturated heterocycles. The largest absolute Gasteiger partial charge is 0.366 e. The van der Waals surface area contributed by atoms with E-state index in [0.29, 0.717) is 57.8 Å². The summed E-state index contributed by atoms with van der Waals surface area (Å²) in [6.45, 7) is 17.1. The number of ether oxygens (including phenoxy) is 8. The smallest absolute Gasteiger partial charge is 0.271 e. The summed E-state index contributed by atoms with van der Waals surface area (Å²) in [5, 5.41) is 2.74. The lowest BCUT2D eigenvalue weighted by molar-refractivity contribution is -0.0809. The van der Waals surface area contributed by atoms with Gasteiger partial charge in [0.1, 0.15) is 33.2 Å². The van der Waals surface area contributed by atoms with Gasteiger partial charge < -0.3 is 37.9 Å². The number of rotatable bonds is 8. The van der Waals surface area contributed by atoms with Crippen LogP contribution in [0, 0.1) is 0 Å². The fraction of sp³-hybridized carbons (Fsp3) is 1.00. The van der Waals surface area contributed by atoms with Crippen molar-refractivity contribution in [2.75, 3.05) is 232 Å². The van der Waals surface area contributed by atoms with Gasteiger partial charge in [0.2, 0.25) is 40.1 Å². The fourth-order valence-electron chi connectivity index (χ4n) is 8.77. The Morgan fingerprint density at radius 3 is 1.14 bits per heavy atom. The number of sulfonamides is 4. The standard InChI is InChI=1S/2C9H18N2O3S.C9H18N2O2.C7H14N2O6S2.C4H9NO3S.C3H7NO3S.C3H6O4S/c12-15(13)6-3-10(4-7-15)8-11-2-1-5-14-9-11;12-15(13)7-6-14-9-11(15)8-10-4-2-1-3-5-10;1-3-10(8-12-5-1)7-11-4-2-6-13-9-11;10-16(11)3-1-14-6-8(16)5-9-7-15-2-4-17(9,12)13;1-4-5-9(6,7)3-2-8-4;5-8(6)2-1-4-3-7-8;4-8(5)2-1-6-3-7-8/h2*1-9H2;1-9H2;1-7H2;4-5H,2-3H2,1H3;4H,1-3H2;1-3H2. The highest BCUT2D eigenvalue weighted by Crippen LogP contribution is 2.16. The molecular formula is C44H90N10O24S7. The Kier molecular flexibility index (Phi) is 32.8. The molecule has 0 aromatic rings. The second-order valence-electron chi connectivity index (χ2n) is 20.7. The van der Waals surface area contributed by atoms with Crippen LogP contribution in [0.2, 0.25) is 0 Å². The molecule has 11 heterocycles. The lowest BCUT2D eigenvalue weighted by atomic mass is 10.1. The molecule has 1 atom stereocenters. The molecule has 11 aliphatic rings. The van der Waals surface area contributed by atoms with Gasteiger partial charge in [0.15, 0.2) is 16.6 Å². The Morgan fingerprint density at radius 1 is 0.376 bits per heavy atom. The molecule has 34 nitrogen and oxygen atoms in total. The number of hydrogen-bond acceptors (Lipinski definition) is 30. The van der Waals surface area contributed by atoms with E-state index in [0.717, 1.165) is 107 Å². The van der Waals surface area contributed by atoms with Crippen LogP contribution in [-0.2, 0) is 116 Å². The molecule has 0 radical (unpaired) electrons. The predicted molar refractivity (Wildman–Crippen MR) is 307 cm³/mol. The fourth-order valence-corrected chi connectivity index (χ4v) is 16.0. The minimum absolute atomic E-state index is 0.0208. The Bertz CT molecular complexity index is 2600. The van der Waals surface area contributed by atoms with Gasteiger partial charge >= 0.3 is 0 Å². The van der Waals surface area contributed by atoms with Gasteiger partial charge in [-0.25, -0.2) is 46.3 Å². The molecule has 0 amide bonds. The van der Waals surface area contributed by atoms with Gasteiger partial charge in [-0.1, -0.05) is 6.42 Å². The zero-order chi connectivity index (χ0) is 61.9. The summed E-state index contributed by atoms with van der Waals surface area (Å²) in [5.41, 5.74) is 0. The summed E-state index contributed by atoms with van der Waals surface area (Å²) in [5.74, 6) is 0.644. The summed E-state index contributed by atoms with van der Waals surface area (Å²) in [7, 11) is -22.0. The van der Waals surface area contributed by atoms with Crippen LogP contribution in [0.5, 0.6) is 0 Å². The van der Waals surface area contributed by atoms with Crippen molar-refractivity contribution < 1.29 is 105 Å². The summed E-state index contributed by atoms with van der Waals surface area (Å²) < 4.78 is 210. The molecule has 41 heteroatoms. The van der Waals surface area contributed by atoms with Gasteiger partial charge in [-0.2, -0.15) is 34.5 Å². The molecule has 11 fully saturated rings. The molecule has 1 unspecified atom stereocenters. The van der Waals surface area contributed by atoms with Gasteiger partial charge in [-0.15, -0.1) is 0 Å². The summed E-state index contributed by atoms with van der Waals surface area (Å²) in [6.07, 6.45) is 6.66. The van der Waals surface area contributed by atoms with Gasteiger partial charge in [0.05, 0.1) is 126 Å². The highest BCUT2D eigenvalue weighted by atomic mass is 32.2. The first kappa shape index (κ1) is 74.6. The van der Waals surface area contributed by atoms with Crippen molar-refractivity contribution in [3.8, 4) is 0 Å². The third-order valence-electron chi connectivity index (χ3n) is 13.5. The van der Waals surface area contributed by atoms with E-state index < -0.39 is 70.2 Å². The van der Waals surface area contributed by atoms with Crippen LogP contribution >= 0.6 is 0 Å². The molecule has 502 valence electrons. The second kappa shape index (κ2) is 37.4. The van der Waals surface area contributed by atoms with Crippen molar-refractivity contribution in [1.29, 1.82) is 0 Å². The maximum absolute atomic E-state index is 11.7. The number of piperidine rings is 1. The summed E-state index contributed by atoms with van der Waals surface area (Å²) in [4.78, 5) is 11.3. The van der Waals surface area contributed by atoms with E-state index in [9.17, 15) is 58.9 Å². The topological polar surface area (TPSA) is 381 Å². The molecule has 0 aliphatic carbocycles. The number of likely N-dealkylation sites (tertiary alicyclic amines) is 1. The zero-order valence-corrected chi connectivity index (χ0v) is 54.2. The van der Waals surface area contributed by atoms with Crippen molar-refractivity contribution in [3.63, 3.8) is 0 Å². The van der Waals surface area contributed by atoms with E-state index >= 15 is 0 Å². The Hall–Kier alpha value is -1.15. The predicted octanol–water partition coefficient (Wildman–Crippen LogP) is -4.61. The number of hydrogen-bond donors (Lipinski definition) is 2. The molecule has 0 aromatic heterocycles. The Labute approximate surface area is 503 Å². The number of sulfone groups is 1. The molecule has 0 aromatic carbocycles. The maximum Gasteiger partial charge on any atom is 0.271 e. The minimum atomic E-state index is -3.43. The maximum atomic E-state index is 11.7. The van der Waals surface area contributed by atoms with Crippen molar-refractivity contribution in [2.24, 2.45) is 0 Å². The van der Waals surface area contributed by atoms with Gasteiger partial charge in [-0.3, -0.25) is 34.0 Å². The van der Waals surface area contributed by atoms with Gasteiger partial charge in [0.25, 0.3) is 20.2 Å². The average Bonchev–Trinajstić information content (AvgIpc) is 3.63. The van der Waals surface area contributed by atoms with Gasteiger partial charge in [-0.05, 0) is 52.1 Å². The van der Waals surface area contributed by atoms with Crippen LogP contribution < -0.4 is 10.0 Å². The van der Waals surface area contributed by atoms with Gasteiger partial charge in [0, 0.05) is 59.1 Å². The highest BCUT2D eigenvalue weighted by molar-refractivity contribution is 7.91. The molecule has 11 aliphatic heterocycles. The van der Waals surface area contributed by atoms with Crippen LogP contribution in [0.1, 0.15) is 45.4 Å². The SMILES string of the molecule is C1COCN(CN2CCCOC2)C1.CC1NS(=O)(=O)CCO1.O=S1(=O)CCN(CN2CCCOC2)CC1.O=S1(=O)CCNCO1.O=S1(=O)CCOCN1CN1CCCCC1.O=S1(=O)CCOCN1CN1COCCS1(=O)=O.O=S1(=O)CCOCO1. The first-order valence-electron chi connectivity index (χ1n) is 28.1. The molecule has 2 N–H and O–H groups in total. The highest BCUT2D eigenvalue weighted by Gasteiger charge is 2.35. The van der Waals surface area contributed by atoms with Crippen LogP contribution in [0.15, 0.2) is 0 Å². The monoisotopic (exact) mass is 1370 g/mol. The third kappa shape index (κ3) is 30.7. The molecular weight excluding hydrogens is 1280 g/mol. The van der Waals surface area contributed by atoms with E-state index in [2.05, 4.69) is 47.6 Å². The summed E-state index contributed by atoms with van der Waals surface area (Å²) >= 11 is 0. The third-order valence-corrected chi connectivity index (χ3v) is 23.9. The van der Waals surface area contributed by atoms with E-state index in [1.807, 2.05) is 0 Å². The molecule has 11 rings (SSSR count). The Morgan fingerprint density at radius 2 is 0.800 bits per heavy atom. The van der Waals surface area contributed by atoms with Crippen LogP contribution in [0.3, 0.4) is 0 Å². The molecule has 85 heavy (non-hydrogen) atoms. The van der Waals surface area contributed by atoms with Crippen LogP contribution in [0.25, 0.3) is 0 Å².